The third-order valence-corrected chi connectivity index (χ3v) is 9.17. The minimum absolute atomic E-state index is 0.00563. The van der Waals surface area contributed by atoms with Gasteiger partial charge in [0.2, 0.25) is 10.0 Å². The summed E-state index contributed by atoms with van der Waals surface area (Å²) in [5, 5.41) is 10.3. The van der Waals surface area contributed by atoms with Crippen LogP contribution in [0.15, 0.2) is 101 Å². The smallest absolute Gasteiger partial charge is 0.240 e. The highest BCUT2D eigenvalue weighted by atomic mass is 32.2. The van der Waals surface area contributed by atoms with E-state index in [9.17, 15) is 13.5 Å². The van der Waals surface area contributed by atoms with Gasteiger partial charge in [-0.2, -0.15) is 0 Å². The minimum Gasteiger partial charge on any atom is -0.392 e. The maximum absolute atomic E-state index is 12.6. The number of nitrogens with zero attached hydrogens (tertiary/aromatic N) is 2. The molecular formula is C29H31N3O5S2. The van der Waals surface area contributed by atoms with Gasteiger partial charge in [0, 0.05) is 43.7 Å². The maximum Gasteiger partial charge on any atom is 0.240 e. The number of rotatable bonds is 10. The number of hydrogen-bond acceptors (Lipinski definition) is 7. The van der Waals surface area contributed by atoms with Crippen LogP contribution in [0.1, 0.15) is 41.1 Å². The molecule has 1 saturated heterocycles. The molecule has 2 heterocycles. The van der Waals surface area contributed by atoms with Gasteiger partial charge in [-0.25, -0.2) is 18.1 Å². The Bertz CT molecular complexity index is 1460. The van der Waals surface area contributed by atoms with Crippen LogP contribution >= 0.6 is 11.8 Å². The number of nitrogens with one attached hydrogen (secondary N) is 1. The summed E-state index contributed by atoms with van der Waals surface area (Å²) in [5.74, 6) is 0.718. The van der Waals surface area contributed by atoms with Crippen molar-refractivity contribution in [2.45, 2.75) is 48.1 Å². The zero-order valence-electron chi connectivity index (χ0n) is 21.5. The highest BCUT2D eigenvalue weighted by Gasteiger charge is 2.32. The molecule has 0 unspecified atom stereocenters. The number of ether oxygens (including phenoxy) is 2. The fraction of sp³-hybridized carbons (Fsp3) is 0.276. The Morgan fingerprint density at radius 3 is 2.33 bits per heavy atom. The molecule has 1 aromatic heterocycles. The summed E-state index contributed by atoms with van der Waals surface area (Å²) < 4.78 is 42.6. The number of aliphatic hydroxyl groups excluding tert-OH is 1. The van der Waals surface area contributed by atoms with Crippen molar-refractivity contribution in [2.75, 3.05) is 5.75 Å². The van der Waals surface area contributed by atoms with Crippen LogP contribution < -0.4 is 4.72 Å². The van der Waals surface area contributed by atoms with Crippen LogP contribution in [-0.2, 0) is 39.7 Å². The van der Waals surface area contributed by atoms with E-state index in [4.69, 9.17) is 9.47 Å². The van der Waals surface area contributed by atoms with E-state index in [1.807, 2.05) is 66.3 Å². The van der Waals surface area contributed by atoms with Gasteiger partial charge in [-0.05, 0) is 28.8 Å². The summed E-state index contributed by atoms with van der Waals surface area (Å²) in [4.78, 5) is 4.64. The molecular weight excluding hydrogens is 534 g/mol. The van der Waals surface area contributed by atoms with Crippen LogP contribution in [0.2, 0.25) is 0 Å². The monoisotopic (exact) mass is 565 g/mol. The van der Waals surface area contributed by atoms with Crippen LogP contribution in [0.25, 0.3) is 0 Å². The third-order valence-electron chi connectivity index (χ3n) is 6.56. The zero-order chi connectivity index (χ0) is 27.2. The lowest BCUT2D eigenvalue weighted by Gasteiger charge is -2.36. The second kappa shape index (κ2) is 12.5. The topological polar surface area (TPSA) is 103 Å². The molecule has 4 aromatic rings. The molecule has 2 N–H and O–H groups in total. The van der Waals surface area contributed by atoms with Gasteiger partial charge in [-0.1, -0.05) is 78.5 Å². The predicted molar refractivity (Wildman–Crippen MR) is 149 cm³/mol. The summed E-state index contributed by atoms with van der Waals surface area (Å²) >= 11 is 1.64. The van der Waals surface area contributed by atoms with Crippen LogP contribution in [0.3, 0.4) is 0 Å². The molecule has 5 rings (SSSR count). The standard InChI is InChI=1S/C29H31N3O5S2/c1-32-16-15-30-29(32)38-20-25-17-27(23-11-9-22(19-33)10-12-23)37-28(36-25)24-13-7-21(8-14-24)18-31-39(34,35)26-5-3-2-4-6-26/h2-16,25,27-28,31,33H,17-20H2,1H3/t25-,27+,28+/m1/s1. The molecule has 0 radical (unpaired) electrons. The second-order valence-electron chi connectivity index (χ2n) is 9.36. The summed E-state index contributed by atoms with van der Waals surface area (Å²) in [6.07, 6.45) is 3.55. The summed E-state index contributed by atoms with van der Waals surface area (Å²) in [5.41, 5.74) is 3.56. The van der Waals surface area contributed by atoms with Gasteiger partial charge < -0.3 is 19.1 Å². The summed E-state index contributed by atoms with van der Waals surface area (Å²) in [6, 6.07) is 23.7. The number of aliphatic hydroxyl groups is 1. The number of aryl methyl sites for hydroxylation is 1. The van der Waals surface area contributed by atoms with E-state index in [1.165, 1.54) is 0 Å². The molecule has 1 aliphatic heterocycles. The van der Waals surface area contributed by atoms with Crippen molar-refractivity contribution in [3.63, 3.8) is 0 Å². The SMILES string of the molecule is Cn1ccnc1SC[C@H]1C[C@@H](c2ccc(CO)cc2)O[C@@H](c2ccc(CNS(=O)(=O)c3ccccc3)cc2)O1. The Kier molecular flexibility index (Phi) is 8.81. The summed E-state index contributed by atoms with van der Waals surface area (Å²) in [6.45, 7) is 0.168. The van der Waals surface area contributed by atoms with E-state index in [0.717, 1.165) is 33.2 Å². The first-order valence-corrected chi connectivity index (χ1v) is 15.1. The van der Waals surface area contributed by atoms with Crippen molar-refractivity contribution in [2.24, 2.45) is 7.05 Å². The summed E-state index contributed by atoms with van der Waals surface area (Å²) in [7, 11) is -1.62. The molecule has 0 aliphatic carbocycles. The Hall–Kier alpha value is -2.99. The van der Waals surface area contributed by atoms with Gasteiger partial charge in [0.1, 0.15) is 0 Å². The molecule has 3 aromatic carbocycles. The number of benzene rings is 3. The Labute approximate surface area is 233 Å². The lowest BCUT2D eigenvalue weighted by atomic mass is 10.0. The van der Waals surface area contributed by atoms with E-state index >= 15 is 0 Å². The van der Waals surface area contributed by atoms with E-state index in [1.54, 1.807) is 48.3 Å². The Morgan fingerprint density at radius 1 is 0.974 bits per heavy atom. The molecule has 8 nitrogen and oxygen atoms in total. The fourth-order valence-corrected chi connectivity index (χ4v) is 6.32. The lowest BCUT2D eigenvalue weighted by Crippen LogP contribution is -2.31. The average molecular weight is 566 g/mol. The van der Waals surface area contributed by atoms with Gasteiger partial charge in [0.25, 0.3) is 0 Å². The zero-order valence-corrected chi connectivity index (χ0v) is 23.1. The van der Waals surface area contributed by atoms with Crippen molar-refractivity contribution >= 4 is 21.8 Å². The highest BCUT2D eigenvalue weighted by Crippen LogP contribution is 2.39. The molecule has 1 aliphatic rings. The van der Waals surface area contributed by atoms with Crippen molar-refractivity contribution in [3.8, 4) is 0 Å². The normalized spacial score (nSPS) is 19.7. The van der Waals surface area contributed by atoms with Crippen LogP contribution in [0, 0.1) is 0 Å². The first-order chi connectivity index (χ1) is 18.9. The van der Waals surface area contributed by atoms with Crippen molar-refractivity contribution in [1.29, 1.82) is 0 Å². The molecule has 10 heteroatoms. The van der Waals surface area contributed by atoms with Crippen molar-refractivity contribution in [3.05, 3.63) is 114 Å². The largest absolute Gasteiger partial charge is 0.392 e. The number of hydrogen-bond donors (Lipinski definition) is 2. The van der Waals surface area contributed by atoms with Gasteiger partial charge >= 0.3 is 0 Å². The molecule has 0 bridgehead atoms. The van der Waals surface area contributed by atoms with Crippen molar-refractivity contribution in [1.82, 2.24) is 14.3 Å². The van der Waals surface area contributed by atoms with Gasteiger partial charge in [0.15, 0.2) is 11.4 Å². The van der Waals surface area contributed by atoms with Gasteiger partial charge in [-0.15, -0.1) is 0 Å². The number of sulfonamides is 1. The van der Waals surface area contributed by atoms with Crippen LogP contribution in [0.4, 0.5) is 0 Å². The highest BCUT2D eigenvalue weighted by molar-refractivity contribution is 7.99. The molecule has 39 heavy (non-hydrogen) atoms. The van der Waals surface area contributed by atoms with E-state index in [0.29, 0.717) is 6.42 Å². The van der Waals surface area contributed by atoms with E-state index in [2.05, 4.69) is 9.71 Å². The van der Waals surface area contributed by atoms with E-state index in [-0.39, 0.29) is 30.3 Å². The van der Waals surface area contributed by atoms with Gasteiger partial charge in [0.05, 0.1) is 23.7 Å². The maximum atomic E-state index is 12.6. The second-order valence-corrected chi connectivity index (χ2v) is 12.1. The lowest BCUT2D eigenvalue weighted by molar-refractivity contribution is -0.245. The number of imidazole rings is 1. The molecule has 0 amide bonds. The number of aromatic nitrogens is 2. The Balaban J connectivity index is 1.29. The minimum atomic E-state index is -3.59. The first kappa shape index (κ1) is 27.6. The molecule has 1 fully saturated rings. The average Bonchev–Trinajstić information content (AvgIpc) is 3.40. The molecule has 0 saturated carbocycles. The predicted octanol–water partition coefficient (Wildman–Crippen LogP) is 4.73. The Morgan fingerprint density at radius 2 is 1.67 bits per heavy atom. The fourth-order valence-electron chi connectivity index (χ4n) is 4.34. The third kappa shape index (κ3) is 6.96. The van der Waals surface area contributed by atoms with Crippen molar-refractivity contribution < 1.29 is 23.0 Å². The molecule has 3 atom stereocenters. The quantitative estimate of drug-likeness (QED) is 0.268. The van der Waals surface area contributed by atoms with Crippen LogP contribution in [-0.4, -0.2) is 34.9 Å². The molecule has 0 spiro atoms. The molecule has 204 valence electrons. The van der Waals surface area contributed by atoms with Crippen LogP contribution in [0.5, 0.6) is 0 Å². The van der Waals surface area contributed by atoms with Gasteiger partial charge in [-0.3, -0.25) is 0 Å². The van der Waals surface area contributed by atoms with E-state index < -0.39 is 16.3 Å². The first-order valence-electron chi connectivity index (χ1n) is 12.7. The number of thioether (sulfide) groups is 1.